The van der Waals surface area contributed by atoms with Crippen LogP contribution in [-0.2, 0) is 9.59 Å². The molecule has 118 valence electrons. The van der Waals surface area contributed by atoms with Gasteiger partial charge in [0.15, 0.2) is 0 Å². The molecule has 1 saturated heterocycles. The maximum Gasteiger partial charge on any atom is 0.247 e. The van der Waals surface area contributed by atoms with Gasteiger partial charge < -0.3 is 19.7 Å². The number of rotatable bonds is 4. The molecule has 1 aromatic carbocycles. The summed E-state index contributed by atoms with van der Waals surface area (Å²) in [6.07, 6.45) is 3.15. The first-order valence-electron chi connectivity index (χ1n) is 7.04. The Kier molecular flexibility index (Phi) is 5.04. The summed E-state index contributed by atoms with van der Waals surface area (Å²) in [6.45, 7) is 2.71. The Morgan fingerprint density at radius 1 is 1.27 bits per heavy atom. The summed E-state index contributed by atoms with van der Waals surface area (Å²) in [6, 6.07) is 4.92. The summed E-state index contributed by atoms with van der Waals surface area (Å²) in [7, 11) is 3.14. The fourth-order valence-electron chi connectivity index (χ4n) is 2.27. The minimum absolute atomic E-state index is 0.129. The average Bonchev–Trinajstić information content (AvgIpc) is 2.54. The topological polar surface area (TPSA) is 67.9 Å². The van der Waals surface area contributed by atoms with Crippen LogP contribution in [0.3, 0.4) is 0 Å². The molecule has 1 atom stereocenters. The molecule has 1 fully saturated rings. The van der Waals surface area contributed by atoms with Crippen LogP contribution in [0.25, 0.3) is 6.08 Å². The molecule has 0 aliphatic carbocycles. The van der Waals surface area contributed by atoms with E-state index in [9.17, 15) is 9.59 Å². The first-order valence-corrected chi connectivity index (χ1v) is 7.04. The molecule has 1 N–H and O–H groups in total. The summed E-state index contributed by atoms with van der Waals surface area (Å²) < 4.78 is 10.4. The van der Waals surface area contributed by atoms with E-state index in [1.54, 1.807) is 50.3 Å². The van der Waals surface area contributed by atoms with Crippen molar-refractivity contribution in [2.75, 3.05) is 27.3 Å². The second-order valence-corrected chi connectivity index (χ2v) is 4.98. The Balaban J connectivity index is 2.13. The second kappa shape index (κ2) is 6.98. The van der Waals surface area contributed by atoms with Crippen LogP contribution in [0.15, 0.2) is 24.3 Å². The van der Waals surface area contributed by atoms with Gasteiger partial charge in [0.05, 0.1) is 14.2 Å². The predicted octanol–water partition coefficient (Wildman–Crippen LogP) is 1.06. The molecule has 2 amide bonds. The number of hydrogen-bond donors (Lipinski definition) is 1. The number of methoxy groups -OCH3 is 2. The molecule has 1 aliphatic rings. The number of nitrogens with zero attached hydrogens (tertiary/aromatic N) is 1. The van der Waals surface area contributed by atoms with Crippen molar-refractivity contribution in [2.45, 2.75) is 13.0 Å². The van der Waals surface area contributed by atoms with Crippen molar-refractivity contribution >= 4 is 17.9 Å². The fourth-order valence-corrected chi connectivity index (χ4v) is 2.27. The van der Waals surface area contributed by atoms with E-state index in [2.05, 4.69) is 5.32 Å². The lowest BCUT2D eigenvalue weighted by Gasteiger charge is -2.31. The Labute approximate surface area is 129 Å². The normalized spacial score (nSPS) is 18.2. The maximum atomic E-state index is 12.2. The third-order valence-electron chi connectivity index (χ3n) is 3.57. The number of carbonyl (C=O) groups excluding carboxylic acids is 2. The molecule has 6 heteroatoms. The molecule has 2 rings (SSSR count). The third-order valence-corrected chi connectivity index (χ3v) is 3.57. The Bertz CT molecular complexity index is 576. The molecular weight excluding hydrogens is 284 g/mol. The van der Waals surface area contributed by atoms with E-state index in [0.29, 0.717) is 24.6 Å². The van der Waals surface area contributed by atoms with Gasteiger partial charge in [0.25, 0.3) is 0 Å². The van der Waals surface area contributed by atoms with E-state index in [4.69, 9.17) is 9.47 Å². The van der Waals surface area contributed by atoms with Crippen LogP contribution in [0.4, 0.5) is 0 Å². The Morgan fingerprint density at radius 2 is 1.91 bits per heavy atom. The van der Waals surface area contributed by atoms with Gasteiger partial charge in [-0.3, -0.25) is 9.59 Å². The first kappa shape index (κ1) is 15.9. The summed E-state index contributed by atoms with van der Waals surface area (Å²) in [5.41, 5.74) is 0.790. The van der Waals surface area contributed by atoms with Crippen molar-refractivity contribution in [3.8, 4) is 11.5 Å². The molecule has 22 heavy (non-hydrogen) atoms. The molecule has 0 spiro atoms. The van der Waals surface area contributed by atoms with Gasteiger partial charge in [0, 0.05) is 25.2 Å². The van der Waals surface area contributed by atoms with Crippen molar-refractivity contribution in [2.24, 2.45) is 0 Å². The number of piperazine rings is 1. The van der Waals surface area contributed by atoms with Gasteiger partial charge in [-0.15, -0.1) is 0 Å². The zero-order valence-corrected chi connectivity index (χ0v) is 13.0. The van der Waals surface area contributed by atoms with Gasteiger partial charge in [-0.2, -0.15) is 0 Å². The zero-order valence-electron chi connectivity index (χ0n) is 13.0. The number of hydrogen-bond acceptors (Lipinski definition) is 4. The minimum atomic E-state index is -0.453. The largest absolute Gasteiger partial charge is 0.497 e. The highest BCUT2D eigenvalue weighted by atomic mass is 16.5. The van der Waals surface area contributed by atoms with Crippen LogP contribution in [0.1, 0.15) is 12.5 Å². The van der Waals surface area contributed by atoms with Gasteiger partial charge in [0.2, 0.25) is 11.8 Å². The van der Waals surface area contributed by atoms with Gasteiger partial charge >= 0.3 is 0 Å². The lowest BCUT2D eigenvalue weighted by molar-refractivity contribution is -0.139. The lowest BCUT2D eigenvalue weighted by atomic mass is 10.1. The van der Waals surface area contributed by atoms with Crippen molar-refractivity contribution in [3.05, 3.63) is 29.8 Å². The van der Waals surface area contributed by atoms with E-state index in [1.807, 2.05) is 0 Å². The summed E-state index contributed by atoms with van der Waals surface area (Å²) in [5.74, 6) is 0.981. The molecule has 1 unspecified atom stereocenters. The monoisotopic (exact) mass is 304 g/mol. The molecular formula is C16H20N2O4. The van der Waals surface area contributed by atoms with Crippen molar-refractivity contribution < 1.29 is 19.1 Å². The standard InChI is InChI=1S/C16H20N2O4/c1-11-16(20)17-6-7-18(11)15(19)5-4-12-8-13(21-2)10-14(9-12)22-3/h4-5,8-11H,6-7H2,1-3H3,(H,17,20). The van der Waals surface area contributed by atoms with Crippen LogP contribution < -0.4 is 14.8 Å². The van der Waals surface area contributed by atoms with Crippen LogP contribution in [0.2, 0.25) is 0 Å². The van der Waals surface area contributed by atoms with Crippen molar-refractivity contribution in [3.63, 3.8) is 0 Å². The minimum Gasteiger partial charge on any atom is -0.497 e. The molecule has 0 radical (unpaired) electrons. The second-order valence-electron chi connectivity index (χ2n) is 4.98. The SMILES string of the molecule is COc1cc(C=CC(=O)N2CCNC(=O)C2C)cc(OC)c1. The van der Waals surface area contributed by atoms with Gasteiger partial charge in [-0.05, 0) is 30.7 Å². The lowest BCUT2D eigenvalue weighted by Crippen LogP contribution is -2.55. The van der Waals surface area contributed by atoms with Gasteiger partial charge in [-0.25, -0.2) is 0 Å². The quantitative estimate of drug-likeness (QED) is 0.845. The average molecular weight is 304 g/mol. The van der Waals surface area contributed by atoms with Crippen LogP contribution >= 0.6 is 0 Å². The highest BCUT2D eigenvalue weighted by molar-refractivity contribution is 5.96. The van der Waals surface area contributed by atoms with Crippen molar-refractivity contribution in [1.29, 1.82) is 0 Å². The van der Waals surface area contributed by atoms with E-state index >= 15 is 0 Å². The van der Waals surface area contributed by atoms with Crippen LogP contribution in [0, 0.1) is 0 Å². The molecule has 1 heterocycles. The Hall–Kier alpha value is -2.50. The maximum absolute atomic E-state index is 12.2. The molecule has 6 nitrogen and oxygen atoms in total. The summed E-state index contributed by atoms with van der Waals surface area (Å²) >= 11 is 0. The van der Waals surface area contributed by atoms with Crippen LogP contribution in [-0.4, -0.2) is 50.1 Å². The molecule has 1 aliphatic heterocycles. The fraction of sp³-hybridized carbons (Fsp3) is 0.375. The predicted molar refractivity (Wildman–Crippen MR) is 82.8 cm³/mol. The third kappa shape index (κ3) is 3.58. The molecule has 0 aromatic heterocycles. The summed E-state index contributed by atoms with van der Waals surface area (Å²) in [4.78, 5) is 25.4. The number of carbonyl (C=O) groups is 2. The molecule has 1 aromatic rings. The molecule has 0 saturated carbocycles. The van der Waals surface area contributed by atoms with Crippen molar-refractivity contribution in [1.82, 2.24) is 10.2 Å². The zero-order chi connectivity index (χ0) is 16.1. The highest BCUT2D eigenvalue weighted by Gasteiger charge is 2.27. The highest BCUT2D eigenvalue weighted by Crippen LogP contribution is 2.23. The van der Waals surface area contributed by atoms with E-state index < -0.39 is 6.04 Å². The van der Waals surface area contributed by atoms with E-state index in [1.165, 1.54) is 6.08 Å². The number of amides is 2. The summed E-state index contributed by atoms with van der Waals surface area (Å²) in [5, 5.41) is 2.73. The van der Waals surface area contributed by atoms with E-state index in [0.717, 1.165) is 5.56 Å². The van der Waals surface area contributed by atoms with Crippen LogP contribution in [0.5, 0.6) is 11.5 Å². The number of benzene rings is 1. The molecule has 0 bridgehead atoms. The first-order chi connectivity index (χ1) is 10.5. The number of ether oxygens (including phenoxy) is 2. The Morgan fingerprint density at radius 3 is 2.50 bits per heavy atom. The smallest absolute Gasteiger partial charge is 0.247 e. The number of nitrogens with one attached hydrogen (secondary N) is 1. The van der Waals surface area contributed by atoms with E-state index in [-0.39, 0.29) is 11.8 Å². The van der Waals surface area contributed by atoms with Gasteiger partial charge in [-0.1, -0.05) is 0 Å². The van der Waals surface area contributed by atoms with Gasteiger partial charge in [0.1, 0.15) is 17.5 Å².